The molecule has 0 bridgehead atoms. The minimum Gasteiger partial charge on any atom is -0.443 e. The van der Waals surface area contributed by atoms with Crippen molar-refractivity contribution in [1.82, 2.24) is 4.31 Å². The summed E-state index contributed by atoms with van der Waals surface area (Å²) in [5, 5.41) is 0.603. The Labute approximate surface area is 130 Å². The first-order valence-electron chi connectivity index (χ1n) is 6.44. The summed E-state index contributed by atoms with van der Waals surface area (Å²) >= 11 is 5.79. The number of amides is 1. The first-order chi connectivity index (χ1) is 9.49. The fourth-order valence-corrected chi connectivity index (χ4v) is 2.44. The van der Waals surface area contributed by atoms with Crippen LogP contribution in [-0.4, -0.2) is 37.2 Å². The SMILES string of the molecule is CC(C)(C)OC(=O)N(CCc1ccc(Cl)cc1)S(C)(=O)=O. The highest BCUT2D eigenvalue weighted by molar-refractivity contribution is 7.88. The average molecular weight is 334 g/mol. The summed E-state index contributed by atoms with van der Waals surface area (Å²) in [6, 6.07) is 7.01. The molecule has 7 heteroatoms. The van der Waals surface area contributed by atoms with Crippen molar-refractivity contribution in [2.45, 2.75) is 32.8 Å². The van der Waals surface area contributed by atoms with E-state index in [1.165, 1.54) is 0 Å². The molecule has 0 N–H and O–H groups in total. The number of carbonyl (C=O) groups excluding carboxylic acids is 1. The van der Waals surface area contributed by atoms with E-state index in [2.05, 4.69) is 0 Å². The lowest BCUT2D eigenvalue weighted by Gasteiger charge is -2.25. The van der Waals surface area contributed by atoms with E-state index in [1.807, 2.05) is 0 Å². The molecule has 0 atom stereocenters. The topological polar surface area (TPSA) is 63.7 Å². The standard InChI is InChI=1S/C14H20ClNO4S/c1-14(2,3)20-13(17)16(21(4,18)19)10-9-11-5-7-12(15)8-6-11/h5-8H,9-10H2,1-4H3. The van der Waals surface area contributed by atoms with Crippen molar-refractivity contribution >= 4 is 27.7 Å². The van der Waals surface area contributed by atoms with Gasteiger partial charge in [0.1, 0.15) is 5.60 Å². The Morgan fingerprint density at radius 1 is 1.24 bits per heavy atom. The van der Waals surface area contributed by atoms with Gasteiger partial charge in [0.25, 0.3) is 0 Å². The molecule has 0 saturated carbocycles. The molecule has 0 aliphatic carbocycles. The number of ether oxygens (including phenoxy) is 1. The van der Waals surface area contributed by atoms with Crippen molar-refractivity contribution in [2.75, 3.05) is 12.8 Å². The first kappa shape index (κ1) is 17.8. The molecule has 0 fully saturated rings. The third kappa shape index (κ3) is 6.35. The van der Waals surface area contributed by atoms with Crippen LogP contribution in [0.5, 0.6) is 0 Å². The summed E-state index contributed by atoms with van der Waals surface area (Å²) in [4.78, 5) is 12.0. The maximum atomic E-state index is 12.0. The van der Waals surface area contributed by atoms with Gasteiger partial charge in [0.05, 0.1) is 6.26 Å². The van der Waals surface area contributed by atoms with Gasteiger partial charge in [-0.05, 0) is 44.9 Å². The van der Waals surface area contributed by atoms with Crippen molar-refractivity contribution in [1.29, 1.82) is 0 Å². The molecule has 0 aliphatic heterocycles. The number of hydrogen-bond donors (Lipinski definition) is 0. The third-order valence-electron chi connectivity index (χ3n) is 2.51. The van der Waals surface area contributed by atoms with Crippen LogP contribution in [-0.2, 0) is 21.2 Å². The van der Waals surface area contributed by atoms with Crippen molar-refractivity contribution < 1.29 is 17.9 Å². The Morgan fingerprint density at radius 2 is 1.76 bits per heavy atom. The minimum absolute atomic E-state index is 0.0232. The Bertz CT molecular complexity index is 590. The number of halogens is 1. The maximum absolute atomic E-state index is 12.0. The molecule has 0 aliphatic rings. The van der Waals surface area contributed by atoms with Crippen LogP contribution in [0.3, 0.4) is 0 Å². The number of carbonyl (C=O) groups is 1. The maximum Gasteiger partial charge on any atom is 0.424 e. The fraction of sp³-hybridized carbons (Fsp3) is 0.500. The highest BCUT2D eigenvalue weighted by atomic mass is 35.5. The molecule has 1 amide bonds. The molecule has 1 aromatic carbocycles. The zero-order valence-electron chi connectivity index (χ0n) is 12.6. The summed E-state index contributed by atoms with van der Waals surface area (Å²) < 4.78 is 29.3. The van der Waals surface area contributed by atoms with Crippen LogP contribution >= 0.6 is 11.6 Å². The number of hydrogen-bond acceptors (Lipinski definition) is 4. The lowest BCUT2D eigenvalue weighted by atomic mass is 10.1. The number of nitrogens with zero attached hydrogens (tertiary/aromatic N) is 1. The average Bonchev–Trinajstić information content (AvgIpc) is 2.27. The second-order valence-electron chi connectivity index (χ2n) is 5.69. The second kappa shape index (κ2) is 6.66. The Morgan fingerprint density at radius 3 is 2.19 bits per heavy atom. The summed E-state index contributed by atoms with van der Waals surface area (Å²) in [6.07, 6.45) is 0.515. The van der Waals surface area contributed by atoms with E-state index >= 15 is 0 Å². The Balaban J connectivity index is 2.80. The highest BCUT2D eigenvalue weighted by Crippen LogP contribution is 2.14. The summed E-state index contributed by atoms with van der Waals surface area (Å²) in [6.45, 7) is 5.08. The zero-order chi connectivity index (χ0) is 16.3. The summed E-state index contributed by atoms with van der Waals surface area (Å²) in [5.41, 5.74) is 0.136. The number of rotatable bonds is 4. The number of benzene rings is 1. The molecule has 0 aromatic heterocycles. The van der Waals surface area contributed by atoms with Crippen LogP contribution in [0.4, 0.5) is 4.79 Å². The smallest absolute Gasteiger partial charge is 0.424 e. The van der Waals surface area contributed by atoms with Crippen LogP contribution in [0.2, 0.25) is 5.02 Å². The first-order valence-corrected chi connectivity index (χ1v) is 8.67. The Kier molecular flexibility index (Phi) is 5.64. The molecule has 0 radical (unpaired) electrons. The van der Waals surface area contributed by atoms with E-state index in [0.29, 0.717) is 11.4 Å². The monoisotopic (exact) mass is 333 g/mol. The molecule has 0 heterocycles. The molecule has 21 heavy (non-hydrogen) atoms. The van der Waals surface area contributed by atoms with E-state index in [0.717, 1.165) is 16.1 Å². The van der Waals surface area contributed by atoms with Crippen molar-refractivity contribution in [3.63, 3.8) is 0 Å². The Hall–Kier alpha value is -1.27. The lowest BCUT2D eigenvalue weighted by molar-refractivity contribution is 0.0393. The molecule has 5 nitrogen and oxygen atoms in total. The van der Waals surface area contributed by atoms with E-state index in [4.69, 9.17) is 16.3 Å². The molecule has 0 unspecified atom stereocenters. The zero-order valence-corrected chi connectivity index (χ0v) is 14.2. The van der Waals surface area contributed by atoms with Gasteiger partial charge in [-0.15, -0.1) is 0 Å². The second-order valence-corrected chi connectivity index (χ2v) is 8.04. The summed E-state index contributed by atoms with van der Waals surface area (Å²) in [5.74, 6) is 0. The molecule has 118 valence electrons. The van der Waals surface area contributed by atoms with Gasteiger partial charge in [-0.2, -0.15) is 0 Å². The third-order valence-corrected chi connectivity index (χ3v) is 3.90. The molecule has 1 aromatic rings. The van der Waals surface area contributed by atoms with Crippen molar-refractivity contribution in [3.8, 4) is 0 Å². The van der Waals surface area contributed by atoms with Crippen LogP contribution < -0.4 is 0 Å². The summed E-state index contributed by atoms with van der Waals surface area (Å²) in [7, 11) is -3.68. The minimum atomic E-state index is -3.68. The normalized spacial score (nSPS) is 12.0. The van der Waals surface area contributed by atoms with E-state index in [-0.39, 0.29) is 6.54 Å². The van der Waals surface area contributed by atoms with Crippen LogP contribution in [0, 0.1) is 0 Å². The van der Waals surface area contributed by atoms with Crippen molar-refractivity contribution in [3.05, 3.63) is 34.9 Å². The van der Waals surface area contributed by atoms with E-state index < -0.39 is 21.7 Å². The lowest BCUT2D eigenvalue weighted by Crippen LogP contribution is -2.41. The van der Waals surface area contributed by atoms with E-state index in [1.54, 1.807) is 45.0 Å². The van der Waals surface area contributed by atoms with Gasteiger partial charge in [0, 0.05) is 11.6 Å². The fourth-order valence-electron chi connectivity index (χ4n) is 1.59. The molecule has 0 spiro atoms. The van der Waals surface area contributed by atoms with Crippen LogP contribution in [0.1, 0.15) is 26.3 Å². The highest BCUT2D eigenvalue weighted by Gasteiger charge is 2.28. The predicted molar refractivity (Wildman–Crippen MR) is 82.9 cm³/mol. The van der Waals surface area contributed by atoms with Crippen molar-refractivity contribution in [2.24, 2.45) is 0 Å². The van der Waals surface area contributed by atoms with Gasteiger partial charge >= 0.3 is 6.09 Å². The molecular formula is C14H20ClNO4S. The number of sulfonamides is 1. The largest absolute Gasteiger partial charge is 0.443 e. The van der Waals surface area contributed by atoms with Gasteiger partial charge < -0.3 is 4.74 Å². The van der Waals surface area contributed by atoms with Gasteiger partial charge in [0.2, 0.25) is 10.0 Å². The van der Waals surface area contributed by atoms with Gasteiger partial charge in [-0.1, -0.05) is 23.7 Å². The predicted octanol–water partition coefficient (Wildman–Crippen LogP) is 3.08. The molecule has 1 rings (SSSR count). The molecular weight excluding hydrogens is 314 g/mol. The van der Waals surface area contributed by atoms with E-state index in [9.17, 15) is 13.2 Å². The van der Waals surface area contributed by atoms with Crippen LogP contribution in [0.15, 0.2) is 24.3 Å². The van der Waals surface area contributed by atoms with Gasteiger partial charge in [-0.25, -0.2) is 17.5 Å². The quantitative estimate of drug-likeness (QED) is 0.849. The van der Waals surface area contributed by atoms with Gasteiger partial charge in [0.15, 0.2) is 0 Å². The van der Waals surface area contributed by atoms with Gasteiger partial charge in [-0.3, -0.25) is 0 Å². The van der Waals surface area contributed by atoms with Crippen LogP contribution in [0.25, 0.3) is 0 Å². The molecule has 0 saturated heterocycles.